The summed E-state index contributed by atoms with van der Waals surface area (Å²) in [5, 5.41) is 0. The largest absolute Gasteiger partial charge is 0.493 e. The lowest BCUT2D eigenvalue weighted by Gasteiger charge is -2.06. The molecule has 0 aromatic heterocycles. The number of carbonyl (C=O) groups is 1. The van der Waals surface area contributed by atoms with E-state index in [2.05, 4.69) is 12.1 Å². The van der Waals surface area contributed by atoms with Crippen molar-refractivity contribution >= 4 is 40.3 Å². The second kappa shape index (κ2) is 7.64. The number of carbonyl (C=O) groups excluding carboxylic acids is 1. The number of benzene rings is 2. The van der Waals surface area contributed by atoms with E-state index in [0.29, 0.717) is 15.8 Å². The van der Waals surface area contributed by atoms with E-state index in [1.165, 1.54) is 22.2 Å². The van der Waals surface area contributed by atoms with Crippen LogP contribution in [0.2, 0.25) is 0 Å². The predicted octanol–water partition coefficient (Wildman–Crippen LogP) is 4.14. The van der Waals surface area contributed by atoms with Gasteiger partial charge >= 0.3 is 0 Å². The minimum Gasteiger partial charge on any atom is -0.493 e. The van der Waals surface area contributed by atoms with Crippen molar-refractivity contribution < 1.29 is 9.53 Å². The average Bonchev–Trinajstić information content (AvgIpc) is 2.84. The van der Waals surface area contributed by atoms with Crippen LogP contribution in [0.4, 0.5) is 0 Å². The van der Waals surface area contributed by atoms with Gasteiger partial charge in [-0.1, -0.05) is 66.4 Å². The summed E-state index contributed by atoms with van der Waals surface area (Å²) in [5.41, 5.74) is 2.22. The molecule has 1 aliphatic rings. The van der Waals surface area contributed by atoms with Crippen molar-refractivity contribution in [1.82, 2.24) is 4.90 Å². The molecule has 2 aromatic rings. The summed E-state index contributed by atoms with van der Waals surface area (Å²) < 4.78 is 6.36. The first kappa shape index (κ1) is 16.7. The third kappa shape index (κ3) is 4.04. The van der Waals surface area contributed by atoms with Crippen LogP contribution in [0.1, 0.15) is 11.1 Å². The first-order chi connectivity index (χ1) is 11.6. The molecule has 0 unspecified atom stereocenters. The van der Waals surface area contributed by atoms with Crippen LogP contribution in [-0.4, -0.2) is 28.8 Å². The monoisotopic (exact) mass is 355 g/mol. The molecule has 122 valence electrons. The van der Waals surface area contributed by atoms with Crippen molar-refractivity contribution in [3.8, 4) is 5.75 Å². The molecule has 1 amide bonds. The van der Waals surface area contributed by atoms with E-state index in [0.717, 1.165) is 17.7 Å². The van der Waals surface area contributed by atoms with Crippen LogP contribution in [0, 0.1) is 0 Å². The fraction of sp³-hybridized carbons (Fsp3) is 0.158. The Morgan fingerprint density at radius 2 is 1.83 bits per heavy atom. The Kier molecular flexibility index (Phi) is 5.33. The van der Waals surface area contributed by atoms with Crippen molar-refractivity contribution in [1.29, 1.82) is 0 Å². The first-order valence-corrected chi connectivity index (χ1v) is 8.84. The zero-order valence-corrected chi connectivity index (χ0v) is 14.9. The molecule has 0 aliphatic carbocycles. The molecule has 5 heteroatoms. The molecule has 1 saturated heterocycles. The maximum absolute atomic E-state index is 12.0. The third-order valence-electron chi connectivity index (χ3n) is 3.67. The molecule has 3 rings (SSSR count). The van der Waals surface area contributed by atoms with Crippen LogP contribution in [0.3, 0.4) is 0 Å². The highest BCUT2D eigenvalue weighted by Crippen LogP contribution is 2.31. The second-order valence-electron chi connectivity index (χ2n) is 5.39. The van der Waals surface area contributed by atoms with Crippen LogP contribution in [0.15, 0.2) is 59.5 Å². The van der Waals surface area contributed by atoms with E-state index in [-0.39, 0.29) is 5.91 Å². The van der Waals surface area contributed by atoms with Crippen molar-refractivity contribution in [2.75, 3.05) is 13.7 Å². The highest BCUT2D eigenvalue weighted by molar-refractivity contribution is 8.26. The molecule has 24 heavy (non-hydrogen) atoms. The Hall–Kier alpha value is -2.11. The van der Waals surface area contributed by atoms with Gasteiger partial charge in [0.05, 0.1) is 11.5 Å². The standard InChI is InChI=1S/C19H17NO2S2/c1-20-18(21)17(24-19(20)23)13-15-7-9-16(10-8-15)22-12-11-14-5-3-2-4-6-14/h2-10,13H,11-12H2,1H3/b17-13+. The van der Waals surface area contributed by atoms with E-state index < -0.39 is 0 Å². The molecular formula is C19H17NO2S2. The van der Waals surface area contributed by atoms with Gasteiger partial charge in [-0.05, 0) is 29.3 Å². The highest BCUT2D eigenvalue weighted by Gasteiger charge is 2.28. The maximum Gasteiger partial charge on any atom is 0.265 e. The van der Waals surface area contributed by atoms with E-state index in [9.17, 15) is 4.79 Å². The predicted molar refractivity (Wildman–Crippen MR) is 103 cm³/mol. The normalized spacial score (nSPS) is 16.0. The number of ether oxygens (including phenoxy) is 1. The van der Waals surface area contributed by atoms with Gasteiger partial charge in [0.25, 0.3) is 5.91 Å². The number of rotatable bonds is 5. The quantitative estimate of drug-likeness (QED) is 0.595. The molecule has 1 heterocycles. The Morgan fingerprint density at radius 1 is 1.12 bits per heavy atom. The highest BCUT2D eigenvalue weighted by atomic mass is 32.2. The van der Waals surface area contributed by atoms with Gasteiger partial charge in [0.2, 0.25) is 0 Å². The number of hydrogen-bond donors (Lipinski definition) is 0. The molecule has 1 aliphatic heterocycles. The summed E-state index contributed by atoms with van der Waals surface area (Å²) in [4.78, 5) is 14.1. The summed E-state index contributed by atoms with van der Waals surface area (Å²) >= 11 is 6.46. The third-order valence-corrected chi connectivity index (χ3v) is 5.15. The Labute approximate surface area is 151 Å². The Balaban J connectivity index is 1.58. The van der Waals surface area contributed by atoms with E-state index in [4.69, 9.17) is 17.0 Å². The number of hydrogen-bond acceptors (Lipinski definition) is 4. The van der Waals surface area contributed by atoms with Crippen LogP contribution >= 0.6 is 24.0 Å². The van der Waals surface area contributed by atoms with Gasteiger partial charge in [-0.25, -0.2) is 0 Å². The maximum atomic E-state index is 12.0. The summed E-state index contributed by atoms with van der Waals surface area (Å²) in [6.07, 6.45) is 2.73. The fourth-order valence-corrected chi connectivity index (χ4v) is 3.47. The number of thiocarbonyl (C=S) groups is 1. The number of likely N-dealkylation sites (N-methyl/N-ethyl adjacent to an activating group) is 1. The van der Waals surface area contributed by atoms with Gasteiger partial charge in [-0.3, -0.25) is 9.69 Å². The molecule has 0 bridgehead atoms. The summed E-state index contributed by atoms with van der Waals surface area (Å²) in [5.74, 6) is 0.777. The topological polar surface area (TPSA) is 29.5 Å². The Bertz CT molecular complexity index is 770. The van der Waals surface area contributed by atoms with E-state index >= 15 is 0 Å². The molecule has 2 aromatic carbocycles. The average molecular weight is 355 g/mol. The molecule has 0 N–H and O–H groups in total. The number of thioether (sulfide) groups is 1. The van der Waals surface area contributed by atoms with Crippen molar-refractivity contribution in [2.45, 2.75) is 6.42 Å². The molecule has 1 fully saturated rings. The summed E-state index contributed by atoms with van der Waals surface area (Å²) in [6.45, 7) is 0.637. The zero-order valence-electron chi connectivity index (χ0n) is 13.3. The molecule has 0 saturated carbocycles. The first-order valence-electron chi connectivity index (χ1n) is 7.62. The van der Waals surface area contributed by atoms with Crippen LogP contribution in [0.5, 0.6) is 5.75 Å². The summed E-state index contributed by atoms with van der Waals surface area (Å²) in [7, 11) is 1.70. The Morgan fingerprint density at radius 3 is 2.46 bits per heavy atom. The molecule has 0 radical (unpaired) electrons. The van der Waals surface area contributed by atoms with Gasteiger partial charge in [0.1, 0.15) is 10.1 Å². The smallest absolute Gasteiger partial charge is 0.265 e. The SMILES string of the molecule is CN1C(=O)/C(=C\c2ccc(OCCc3ccccc3)cc2)SC1=S. The summed E-state index contributed by atoms with van der Waals surface area (Å²) in [6, 6.07) is 18.0. The van der Waals surface area contributed by atoms with Crippen LogP contribution in [0.25, 0.3) is 6.08 Å². The van der Waals surface area contributed by atoms with Gasteiger partial charge in [-0.15, -0.1) is 0 Å². The van der Waals surface area contributed by atoms with Crippen molar-refractivity contribution in [3.63, 3.8) is 0 Å². The molecule has 0 spiro atoms. The minimum atomic E-state index is -0.0480. The molecule has 3 nitrogen and oxygen atoms in total. The van der Waals surface area contributed by atoms with E-state index in [1.54, 1.807) is 7.05 Å². The number of amides is 1. The van der Waals surface area contributed by atoms with Crippen LogP contribution in [-0.2, 0) is 11.2 Å². The van der Waals surface area contributed by atoms with Gasteiger partial charge in [0, 0.05) is 13.5 Å². The second-order valence-corrected chi connectivity index (χ2v) is 7.07. The van der Waals surface area contributed by atoms with E-state index in [1.807, 2.05) is 48.5 Å². The lowest BCUT2D eigenvalue weighted by atomic mass is 10.2. The molecular weight excluding hydrogens is 338 g/mol. The number of nitrogens with zero attached hydrogens (tertiary/aromatic N) is 1. The zero-order chi connectivity index (χ0) is 16.9. The van der Waals surface area contributed by atoms with Crippen LogP contribution < -0.4 is 4.74 Å². The lowest BCUT2D eigenvalue weighted by Crippen LogP contribution is -2.22. The lowest BCUT2D eigenvalue weighted by molar-refractivity contribution is -0.121. The van der Waals surface area contributed by atoms with Crippen molar-refractivity contribution in [3.05, 3.63) is 70.6 Å². The molecule has 0 atom stereocenters. The minimum absolute atomic E-state index is 0.0480. The van der Waals surface area contributed by atoms with Gasteiger partial charge in [-0.2, -0.15) is 0 Å². The fourth-order valence-electron chi connectivity index (χ4n) is 2.29. The van der Waals surface area contributed by atoms with Gasteiger partial charge in [0.15, 0.2) is 0 Å². The van der Waals surface area contributed by atoms with Gasteiger partial charge < -0.3 is 4.74 Å². The van der Waals surface area contributed by atoms with Crippen molar-refractivity contribution in [2.24, 2.45) is 0 Å².